The molecular formula is C21H31N5O2S2. The maximum absolute atomic E-state index is 12.6. The molecule has 7 nitrogen and oxygen atoms in total. The molecule has 0 saturated carbocycles. The number of nitrogens with one attached hydrogen (secondary N) is 2. The standard InChI is InChI=1S/C21H31N5O2S2/c1-4-22-21(23-12-11-20-25-16(2)17(3)29-20)24-15-18-7-9-19(10-8-18)30(27,28)26-13-5-6-14-26/h7-10H,4-6,11-15H2,1-3H3,(H2,22,23,24). The minimum atomic E-state index is -3.37. The van der Waals surface area contributed by atoms with Crippen molar-refractivity contribution in [2.24, 2.45) is 4.99 Å². The number of sulfonamides is 1. The van der Waals surface area contributed by atoms with Crippen molar-refractivity contribution in [3.05, 3.63) is 45.4 Å². The lowest BCUT2D eigenvalue weighted by molar-refractivity contribution is 0.477. The van der Waals surface area contributed by atoms with Gasteiger partial charge < -0.3 is 10.6 Å². The highest BCUT2D eigenvalue weighted by Gasteiger charge is 2.26. The topological polar surface area (TPSA) is 86.7 Å². The fourth-order valence-corrected chi connectivity index (χ4v) is 5.74. The molecule has 0 spiro atoms. The van der Waals surface area contributed by atoms with Gasteiger partial charge in [0.05, 0.1) is 22.1 Å². The number of aryl methyl sites for hydroxylation is 2. The lowest BCUT2D eigenvalue weighted by Gasteiger charge is -2.15. The van der Waals surface area contributed by atoms with E-state index in [9.17, 15) is 8.42 Å². The number of hydrogen-bond acceptors (Lipinski definition) is 5. The van der Waals surface area contributed by atoms with E-state index in [0.717, 1.165) is 54.6 Å². The van der Waals surface area contributed by atoms with E-state index in [4.69, 9.17) is 0 Å². The van der Waals surface area contributed by atoms with Crippen LogP contribution in [0.25, 0.3) is 0 Å². The average molecular weight is 450 g/mol. The predicted molar refractivity (Wildman–Crippen MR) is 123 cm³/mol. The zero-order chi connectivity index (χ0) is 21.6. The van der Waals surface area contributed by atoms with Gasteiger partial charge in [0.2, 0.25) is 10.0 Å². The number of aliphatic imine (C=N–C) groups is 1. The van der Waals surface area contributed by atoms with Crippen molar-refractivity contribution >= 4 is 27.3 Å². The van der Waals surface area contributed by atoms with Crippen molar-refractivity contribution in [3.63, 3.8) is 0 Å². The Kier molecular flexibility index (Phi) is 7.85. The fraction of sp³-hybridized carbons (Fsp3) is 0.524. The molecule has 3 rings (SSSR count). The Hall–Kier alpha value is -1.97. The van der Waals surface area contributed by atoms with Crippen LogP contribution in [0.1, 0.15) is 40.9 Å². The van der Waals surface area contributed by atoms with Crippen LogP contribution in [0.5, 0.6) is 0 Å². The van der Waals surface area contributed by atoms with E-state index in [-0.39, 0.29) is 0 Å². The van der Waals surface area contributed by atoms with Gasteiger partial charge in [0.15, 0.2) is 5.96 Å². The van der Waals surface area contributed by atoms with Crippen molar-refractivity contribution in [2.75, 3.05) is 26.2 Å². The first-order valence-corrected chi connectivity index (χ1v) is 12.7. The Morgan fingerprint density at radius 3 is 2.47 bits per heavy atom. The minimum absolute atomic E-state index is 0.358. The van der Waals surface area contributed by atoms with Crippen LogP contribution in [0.3, 0.4) is 0 Å². The third kappa shape index (κ3) is 5.80. The molecule has 1 aromatic heterocycles. The quantitative estimate of drug-likeness (QED) is 0.478. The second-order valence-corrected chi connectivity index (χ2v) is 10.6. The van der Waals surface area contributed by atoms with E-state index < -0.39 is 10.0 Å². The summed E-state index contributed by atoms with van der Waals surface area (Å²) in [6.45, 7) is 9.41. The molecule has 9 heteroatoms. The molecule has 164 valence electrons. The molecule has 0 aliphatic carbocycles. The van der Waals surface area contributed by atoms with Crippen LogP contribution in [0.15, 0.2) is 34.2 Å². The Morgan fingerprint density at radius 2 is 1.87 bits per heavy atom. The minimum Gasteiger partial charge on any atom is -0.357 e. The van der Waals surface area contributed by atoms with E-state index >= 15 is 0 Å². The van der Waals surface area contributed by atoms with Crippen molar-refractivity contribution < 1.29 is 8.42 Å². The normalized spacial score (nSPS) is 15.5. The molecule has 1 aliphatic heterocycles. The van der Waals surface area contributed by atoms with Crippen LogP contribution in [0.2, 0.25) is 0 Å². The van der Waals surface area contributed by atoms with Crippen molar-refractivity contribution in [3.8, 4) is 0 Å². The van der Waals surface area contributed by atoms with Gasteiger partial charge in [-0.1, -0.05) is 12.1 Å². The van der Waals surface area contributed by atoms with Gasteiger partial charge in [-0.15, -0.1) is 11.3 Å². The van der Waals surface area contributed by atoms with E-state index in [1.165, 1.54) is 4.88 Å². The third-order valence-corrected chi connectivity index (χ3v) is 8.14. The largest absolute Gasteiger partial charge is 0.357 e. The van der Waals surface area contributed by atoms with Crippen molar-refractivity contribution in [1.82, 2.24) is 19.9 Å². The van der Waals surface area contributed by atoms with Crippen LogP contribution in [-0.2, 0) is 23.0 Å². The van der Waals surface area contributed by atoms with E-state index in [1.807, 2.05) is 26.0 Å². The maximum Gasteiger partial charge on any atom is 0.243 e. The summed E-state index contributed by atoms with van der Waals surface area (Å²) in [4.78, 5) is 10.8. The number of benzene rings is 1. The lowest BCUT2D eigenvalue weighted by atomic mass is 10.2. The van der Waals surface area contributed by atoms with Gasteiger partial charge in [-0.2, -0.15) is 4.31 Å². The molecule has 0 radical (unpaired) electrons. The first-order valence-electron chi connectivity index (χ1n) is 10.4. The molecule has 2 heterocycles. The maximum atomic E-state index is 12.6. The van der Waals surface area contributed by atoms with Crippen LogP contribution in [-0.4, -0.2) is 49.8 Å². The number of nitrogens with zero attached hydrogens (tertiary/aromatic N) is 3. The summed E-state index contributed by atoms with van der Waals surface area (Å²) in [6.07, 6.45) is 2.73. The number of aromatic nitrogens is 1. The predicted octanol–water partition coefficient (Wildman–Crippen LogP) is 2.84. The number of hydrogen-bond donors (Lipinski definition) is 2. The van der Waals surface area contributed by atoms with Crippen molar-refractivity contribution in [1.29, 1.82) is 0 Å². The van der Waals surface area contributed by atoms with E-state index in [2.05, 4.69) is 27.5 Å². The Bertz CT molecular complexity index is 942. The molecule has 2 aromatic rings. The summed E-state index contributed by atoms with van der Waals surface area (Å²) in [5, 5.41) is 7.72. The van der Waals surface area contributed by atoms with Gasteiger partial charge in [-0.25, -0.2) is 18.4 Å². The summed E-state index contributed by atoms with van der Waals surface area (Å²) < 4.78 is 26.8. The highest BCUT2D eigenvalue weighted by Crippen LogP contribution is 2.21. The van der Waals surface area contributed by atoms with Gasteiger partial charge in [0.1, 0.15) is 0 Å². The molecular weight excluding hydrogens is 418 g/mol. The summed E-state index contributed by atoms with van der Waals surface area (Å²) in [7, 11) is -3.37. The second-order valence-electron chi connectivity index (χ2n) is 7.38. The average Bonchev–Trinajstić information content (AvgIpc) is 3.37. The van der Waals surface area contributed by atoms with E-state index in [0.29, 0.717) is 24.5 Å². The Balaban J connectivity index is 1.57. The zero-order valence-electron chi connectivity index (χ0n) is 17.9. The third-order valence-electron chi connectivity index (χ3n) is 5.09. The summed E-state index contributed by atoms with van der Waals surface area (Å²) >= 11 is 1.74. The molecule has 1 aliphatic rings. The molecule has 1 aromatic carbocycles. The Morgan fingerprint density at radius 1 is 1.17 bits per heavy atom. The lowest BCUT2D eigenvalue weighted by Crippen LogP contribution is -2.38. The first-order chi connectivity index (χ1) is 14.4. The first kappa shape index (κ1) is 22.7. The van der Waals surface area contributed by atoms with Gasteiger partial charge in [0.25, 0.3) is 0 Å². The molecule has 0 unspecified atom stereocenters. The number of rotatable bonds is 8. The van der Waals surface area contributed by atoms with Crippen LogP contribution >= 0.6 is 11.3 Å². The fourth-order valence-electron chi connectivity index (χ4n) is 3.29. The van der Waals surface area contributed by atoms with Crippen molar-refractivity contribution in [2.45, 2.75) is 51.5 Å². The SMILES string of the molecule is CCNC(=NCc1ccc(S(=O)(=O)N2CCCC2)cc1)NCCc1nc(C)c(C)s1. The molecule has 30 heavy (non-hydrogen) atoms. The zero-order valence-corrected chi connectivity index (χ0v) is 19.6. The molecule has 0 atom stereocenters. The monoisotopic (exact) mass is 449 g/mol. The number of thiazole rings is 1. The smallest absolute Gasteiger partial charge is 0.243 e. The van der Waals surface area contributed by atoms with E-state index in [1.54, 1.807) is 27.8 Å². The Labute approximate surface area is 183 Å². The molecule has 1 fully saturated rings. The van der Waals surface area contributed by atoms with Crippen LogP contribution < -0.4 is 10.6 Å². The highest BCUT2D eigenvalue weighted by molar-refractivity contribution is 7.89. The second kappa shape index (κ2) is 10.4. The summed E-state index contributed by atoms with van der Waals surface area (Å²) in [5.74, 6) is 0.747. The van der Waals surface area contributed by atoms with Gasteiger partial charge in [-0.05, 0) is 51.3 Å². The van der Waals surface area contributed by atoms with Crippen LogP contribution in [0.4, 0.5) is 0 Å². The number of guanidine groups is 1. The summed E-state index contributed by atoms with van der Waals surface area (Å²) in [5.41, 5.74) is 2.07. The highest BCUT2D eigenvalue weighted by atomic mass is 32.2. The van der Waals surface area contributed by atoms with Gasteiger partial charge in [0, 0.05) is 37.5 Å². The molecule has 0 bridgehead atoms. The summed E-state index contributed by atoms with van der Waals surface area (Å²) in [6, 6.07) is 7.06. The molecule has 0 amide bonds. The van der Waals surface area contributed by atoms with Crippen LogP contribution in [0, 0.1) is 13.8 Å². The molecule has 1 saturated heterocycles. The van der Waals surface area contributed by atoms with Gasteiger partial charge in [-0.3, -0.25) is 0 Å². The molecule has 2 N–H and O–H groups in total. The van der Waals surface area contributed by atoms with Gasteiger partial charge >= 0.3 is 0 Å².